The molecule has 0 aliphatic rings. The summed E-state index contributed by atoms with van der Waals surface area (Å²) in [5.74, 6) is 3.53. The maximum absolute atomic E-state index is 5.13. The third kappa shape index (κ3) is 45.3. The minimum absolute atomic E-state index is 0.267. The van der Waals surface area contributed by atoms with E-state index in [9.17, 15) is 0 Å². The fourth-order valence-corrected chi connectivity index (χ4v) is 2.19. The van der Waals surface area contributed by atoms with Crippen LogP contribution in [-0.4, -0.2) is 19.0 Å². The van der Waals surface area contributed by atoms with Crippen LogP contribution in [0.1, 0.15) is 109 Å². The summed E-state index contributed by atoms with van der Waals surface area (Å²) in [6.45, 7) is 26.6. The van der Waals surface area contributed by atoms with E-state index < -0.39 is 0 Å². The van der Waals surface area contributed by atoms with Crippen LogP contribution in [0.3, 0.4) is 0 Å². The fourth-order valence-electron chi connectivity index (χ4n) is 2.19. The van der Waals surface area contributed by atoms with E-state index >= 15 is 0 Å². The standard InChI is InChI=1S/C9H20.C7H16O2.C7H16/c1-8(2)6-5-7-9(3)4;1-6(2)8-5-9-7(3)4;1-6(2)5-7(3)4/h8-9H,5-7H2,1-4H3;6-7H,5H2,1-4H3;6-7H,5H2,1-4H3. The summed E-state index contributed by atoms with van der Waals surface area (Å²) in [6, 6.07) is 0. The molecule has 0 aromatic carbocycles. The van der Waals surface area contributed by atoms with E-state index in [1.807, 2.05) is 27.7 Å². The molecule has 0 fully saturated rings. The number of hydrogen-bond donors (Lipinski definition) is 0. The average Bonchev–Trinajstić information content (AvgIpc) is 2.36. The molecule has 0 saturated heterocycles. The van der Waals surface area contributed by atoms with Gasteiger partial charge in [0.1, 0.15) is 6.79 Å². The van der Waals surface area contributed by atoms with Crippen molar-refractivity contribution >= 4 is 0 Å². The molecule has 0 atom stereocenters. The molecule has 0 unspecified atom stereocenters. The molecule has 0 aromatic heterocycles. The molecule has 0 spiro atoms. The van der Waals surface area contributed by atoms with Gasteiger partial charge in [0, 0.05) is 0 Å². The number of rotatable bonds is 10. The first-order valence-corrected chi connectivity index (χ1v) is 10.6. The van der Waals surface area contributed by atoms with Crippen molar-refractivity contribution in [3.63, 3.8) is 0 Å². The molecule has 0 bridgehead atoms. The highest BCUT2D eigenvalue weighted by atomic mass is 16.7. The van der Waals surface area contributed by atoms with Crippen molar-refractivity contribution in [3.05, 3.63) is 0 Å². The van der Waals surface area contributed by atoms with Crippen LogP contribution in [0.15, 0.2) is 0 Å². The van der Waals surface area contributed by atoms with Gasteiger partial charge in [-0.1, -0.05) is 74.7 Å². The topological polar surface area (TPSA) is 18.5 Å². The first kappa shape index (κ1) is 29.7. The van der Waals surface area contributed by atoms with Crippen molar-refractivity contribution in [2.24, 2.45) is 23.7 Å². The van der Waals surface area contributed by atoms with Crippen molar-refractivity contribution in [2.45, 2.75) is 121 Å². The van der Waals surface area contributed by atoms with Crippen molar-refractivity contribution in [1.29, 1.82) is 0 Å². The molecule has 0 aliphatic heterocycles. The molecule has 0 heterocycles. The van der Waals surface area contributed by atoms with E-state index in [0.29, 0.717) is 6.79 Å². The van der Waals surface area contributed by atoms with Crippen LogP contribution in [0.2, 0.25) is 0 Å². The van der Waals surface area contributed by atoms with Crippen LogP contribution in [0.25, 0.3) is 0 Å². The van der Waals surface area contributed by atoms with Crippen molar-refractivity contribution in [3.8, 4) is 0 Å². The molecular formula is C23H52O2. The van der Waals surface area contributed by atoms with Gasteiger partial charge in [0.15, 0.2) is 0 Å². The van der Waals surface area contributed by atoms with E-state index in [0.717, 1.165) is 23.7 Å². The van der Waals surface area contributed by atoms with E-state index in [4.69, 9.17) is 9.47 Å². The molecule has 156 valence electrons. The lowest BCUT2D eigenvalue weighted by molar-refractivity contribution is -0.0994. The SMILES string of the molecule is CC(C)CC(C)C.CC(C)CCCC(C)C.CC(C)OCOC(C)C. The molecular weight excluding hydrogens is 308 g/mol. The number of ether oxygens (including phenoxy) is 2. The van der Waals surface area contributed by atoms with Crippen LogP contribution in [-0.2, 0) is 9.47 Å². The predicted octanol–water partition coefficient (Wildman–Crippen LogP) is 7.95. The molecule has 0 aliphatic carbocycles. The summed E-state index contributed by atoms with van der Waals surface area (Å²) in [7, 11) is 0. The van der Waals surface area contributed by atoms with Crippen LogP contribution in [0.4, 0.5) is 0 Å². The Morgan fingerprint density at radius 1 is 0.480 bits per heavy atom. The largest absolute Gasteiger partial charge is 0.353 e. The second kappa shape index (κ2) is 20.2. The zero-order valence-corrected chi connectivity index (χ0v) is 19.8. The second-order valence-corrected chi connectivity index (χ2v) is 9.29. The summed E-state index contributed by atoms with van der Waals surface area (Å²) in [5, 5.41) is 0. The lowest BCUT2D eigenvalue weighted by atomic mass is 10.0. The quantitative estimate of drug-likeness (QED) is 0.368. The maximum atomic E-state index is 5.13. The minimum atomic E-state index is 0.267. The molecule has 0 aromatic rings. The fraction of sp³-hybridized carbons (Fsp3) is 1.00. The zero-order valence-electron chi connectivity index (χ0n) is 19.8. The normalized spacial score (nSPS) is 11.3. The lowest BCUT2D eigenvalue weighted by Crippen LogP contribution is -2.11. The Balaban J connectivity index is -0.000000293. The predicted molar refractivity (Wildman–Crippen MR) is 115 cm³/mol. The second-order valence-electron chi connectivity index (χ2n) is 9.29. The van der Waals surface area contributed by atoms with Crippen LogP contribution >= 0.6 is 0 Å². The zero-order chi connectivity index (χ0) is 20.4. The maximum Gasteiger partial charge on any atom is 0.147 e. The molecule has 0 rings (SSSR count). The van der Waals surface area contributed by atoms with Crippen molar-refractivity contribution < 1.29 is 9.47 Å². The van der Waals surface area contributed by atoms with Gasteiger partial charge >= 0.3 is 0 Å². The van der Waals surface area contributed by atoms with Crippen molar-refractivity contribution in [1.82, 2.24) is 0 Å². The Bertz CT molecular complexity index is 190. The highest BCUT2D eigenvalue weighted by Crippen LogP contribution is 2.11. The van der Waals surface area contributed by atoms with Gasteiger partial charge in [-0.15, -0.1) is 0 Å². The van der Waals surface area contributed by atoms with Gasteiger partial charge in [-0.25, -0.2) is 0 Å². The Morgan fingerprint density at radius 2 is 0.800 bits per heavy atom. The summed E-state index contributed by atoms with van der Waals surface area (Å²) in [4.78, 5) is 0. The van der Waals surface area contributed by atoms with Gasteiger partial charge in [-0.3, -0.25) is 0 Å². The Kier molecular flexibility index (Phi) is 24.0. The van der Waals surface area contributed by atoms with Gasteiger partial charge in [0.2, 0.25) is 0 Å². The minimum Gasteiger partial charge on any atom is -0.353 e. The summed E-state index contributed by atoms with van der Waals surface area (Å²) in [5.41, 5.74) is 0. The summed E-state index contributed by atoms with van der Waals surface area (Å²) >= 11 is 0. The van der Waals surface area contributed by atoms with Crippen LogP contribution in [0.5, 0.6) is 0 Å². The van der Waals surface area contributed by atoms with E-state index in [1.54, 1.807) is 0 Å². The van der Waals surface area contributed by atoms with Gasteiger partial charge < -0.3 is 9.47 Å². The molecule has 25 heavy (non-hydrogen) atoms. The first-order valence-electron chi connectivity index (χ1n) is 10.6. The van der Waals surface area contributed by atoms with Gasteiger partial charge in [-0.2, -0.15) is 0 Å². The Morgan fingerprint density at radius 3 is 0.960 bits per heavy atom. The Hall–Kier alpha value is -0.0800. The van der Waals surface area contributed by atoms with Crippen LogP contribution in [0, 0.1) is 23.7 Å². The molecule has 0 radical (unpaired) electrons. The van der Waals surface area contributed by atoms with Gasteiger partial charge in [0.25, 0.3) is 0 Å². The van der Waals surface area contributed by atoms with Crippen LogP contribution < -0.4 is 0 Å². The summed E-state index contributed by atoms with van der Waals surface area (Å²) < 4.78 is 10.3. The first-order chi connectivity index (χ1) is 11.4. The Labute approximate surface area is 161 Å². The van der Waals surface area contributed by atoms with Gasteiger partial charge in [-0.05, 0) is 57.8 Å². The summed E-state index contributed by atoms with van der Waals surface area (Å²) in [6.07, 6.45) is 6.11. The van der Waals surface area contributed by atoms with E-state index in [-0.39, 0.29) is 12.2 Å². The lowest BCUT2D eigenvalue weighted by Gasteiger charge is -2.09. The third-order valence-electron chi connectivity index (χ3n) is 3.31. The van der Waals surface area contributed by atoms with Gasteiger partial charge in [0.05, 0.1) is 12.2 Å². The highest BCUT2D eigenvalue weighted by Gasteiger charge is 1.96. The smallest absolute Gasteiger partial charge is 0.147 e. The van der Waals surface area contributed by atoms with Crippen molar-refractivity contribution in [2.75, 3.05) is 6.79 Å². The molecule has 0 N–H and O–H groups in total. The molecule has 2 heteroatoms. The van der Waals surface area contributed by atoms with E-state index in [1.165, 1.54) is 25.7 Å². The monoisotopic (exact) mass is 360 g/mol. The molecule has 0 amide bonds. The number of hydrogen-bond acceptors (Lipinski definition) is 2. The van der Waals surface area contributed by atoms with E-state index in [2.05, 4.69) is 55.4 Å². The highest BCUT2D eigenvalue weighted by molar-refractivity contribution is 4.49. The third-order valence-corrected chi connectivity index (χ3v) is 3.31. The average molecular weight is 361 g/mol. The molecule has 0 saturated carbocycles. The molecule has 2 nitrogen and oxygen atoms in total.